The first-order valence-electron chi connectivity index (χ1n) is 10.5. The molecular weight excluding hydrogens is 368 g/mol. The fourth-order valence-electron chi connectivity index (χ4n) is 4.14. The maximum atomic E-state index is 12.8. The Balaban J connectivity index is 1.54. The van der Waals surface area contributed by atoms with Crippen LogP contribution in [0.1, 0.15) is 49.5 Å². The molecule has 7 nitrogen and oxygen atoms in total. The van der Waals surface area contributed by atoms with Gasteiger partial charge in [0.15, 0.2) is 0 Å². The van der Waals surface area contributed by atoms with E-state index in [-0.39, 0.29) is 29.8 Å². The van der Waals surface area contributed by atoms with Gasteiger partial charge in [0.05, 0.1) is 6.04 Å². The maximum Gasteiger partial charge on any atom is 0.253 e. The Morgan fingerprint density at radius 3 is 2.31 bits per heavy atom. The third-order valence-corrected chi connectivity index (χ3v) is 5.85. The number of nitrogens with zero attached hydrogens (tertiary/aromatic N) is 3. The van der Waals surface area contributed by atoms with E-state index in [1.54, 1.807) is 0 Å². The van der Waals surface area contributed by atoms with Crippen LogP contribution in [-0.2, 0) is 16.1 Å². The van der Waals surface area contributed by atoms with Crippen LogP contribution >= 0.6 is 0 Å². The molecule has 1 aromatic rings. The van der Waals surface area contributed by atoms with E-state index < -0.39 is 0 Å². The van der Waals surface area contributed by atoms with Gasteiger partial charge in [0.2, 0.25) is 11.8 Å². The number of piperazine rings is 1. The molecule has 2 saturated heterocycles. The summed E-state index contributed by atoms with van der Waals surface area (Å²) in [5.41, 5.74) is 1.62. The lowest BCUT2D eigenvalue weighted by atomic mass is 10.0. The third kappa shape index (κ3) is 5.15. The molecule has 2 aliphatic rings. The Hall–Kier alpha value is -2.41. The fraction of sp³-hybridized carbons (Fsp3) is 0.591. The highest BCUT2D eigenvalue weighted by atomic mass is 16.2. The number of benzene rings is 1. The van der Waals surface area contributed by atoms with Gasteiger partial charge in [0.1, 0.15) is 0 Å². The third-order valence-electron chi connectivity index (χ3n) is 5.85. The predicted molar refractivity (Wildman–Crippen MR) is 111 cm³/mol. The zero-order valence-electron chi connectivity index (χ0n) is 17.7. The van der Waals surface area contributed by atoms with Crippen molar-refractivity contribution in [1.29, 1.82) is 0 Å². The summed E-state index contributed by atoms with van der Waals surface area (Å²) < 4.78 is 0. The number of carbonyl (C=O) groups is 3. The lowest BCUT2D eigenvalue weighted by molar-refractivity contribution is -0.142. The summed E-state index contributed by atoms with van der Waals surface area (Å²) in [7, 11) is 0. The Bertz CT molecular complexity index is 739. The molecular formula is C22H32N4O3. The molecule has 0 aliphatic carbocycles. The van der Waals surface area contributed by atoms with Gasteiger partial charge >= 0.3 is 0 Å². The minimum absolute atomic E-state index is 0.0227. The Kier molecular flexibility index (Phi) is 6.90. The van der Waals surface area contributed by atoms with Crippen molar-refractivity contribution in [2.45, 2.75) is 52.2 Å². The summed E-state index contributed by atoms with van der Waals surface area (Å²) in [6.07, 6.45) is 1.95. The number of rotatable bonds is 5. The molecule has 0 radical (unpaired) electrons. The van der Waals surface area contributed by atoms with Crippen LogP contribution in [0.3, 0.4) is 0 Å². The van der Waals surface area contributed by atoms with E-state index in [0.717, 1.165) is 38.0 Å². The predicted octanol–water partition coefficient (Wildman–Crippen LogP) is 1.48. The second-order valence-corrected chi connectivity index (χ2v) is 8.22. The SMILES string of the molecule is CC(=O)NCc1ccc(C(=O)N2CCN([C@@H]3CCCN(C(C)C)C3=O)CC2)cc1. The normalized spacial score (nSPS) is 20.8. The summed E-state index contributed by atoms with van der Waals surface area (Å²) in [6.45, 7) is 9.67. The average Bonchev–Trinajstić information content (AvgIpc) is 2.72. The number of hydrogen-bond donors (Lipinski definition) is 1. The topological polar surface area (TPSA) is 73.0 Å². The summed E-state index contributed by atoms with van der Waals surface area (Å²) in [5.74, 6) is 0.186. The van der Waals surface area contributed by atoms with E-state index in [9.17, 15) is 14.4 Å². The Morgan fingerprint density at radius 2 is 1.72 bits per heavy atom. The van der Waals surface area contributed by atoms with Crippen LogP contribution in [0.2, 0.25) is 0 Å². The second-order valence-electron chi connectivity index (χ2n) is 8.22. The first-order chi connectivity index (χ1) is 13.9. The summed E-state index contributed by atoms with van der Waals surface area (Å²) >= 11 is 0. The van der Waals surface area contributed by atoms with Gasteiger partial charge < -0.3 is 15.1 Å². The highest BCUT2D eigenvalue weighted by Gasteiger charge is 2.36. The molecule has 2 fully saturated rings. The number of carbonyl (C=O) groups excluding carboxylic acids is 3. The highest BCUT2D eigenvalue weighted by Crippen LogP contribution is 2.21. The first-order valence-corrected chi connectivity index (χ1v) is 10.5. The van der Waals surface area contributed by atoms with Gasteiger partial charge in [0.25, 0.3) is 5.91 Å². The van der Waals surface area contributed by atoms with E-state index in [1.165, 1.54) is 6.92 Å². The summed E-state index contributed by atoms with van der Waals surface area (Å²) in [4.78, 5) is 42.7. The molecule has 3 amide bonds. The van der Waals surface area contributed by atoms with E-state index in [1.807, 2.05) is 34.1 Å². The van der Waals surface area contributed by atoms with Crippen molar-refractivity contribution in [3.05, 3.63) is 35.4 Å². The molecule has 0 spiro atoms. The molecule has 1 N–H and O–H groups in total. The quantitative estimate of drug-likeness (QED) is 0.813. The van der Waals surface area contributed by atoms with Crippen molar-refractivity contribution < 1.29 is 14.4 Å². The zero-order chi connectivity index (χ0) is 21.0. The monoisotopic (exact) mass is 400 g/mol. The maximum absolute atomic E-state index is 12.8. The molecule has 0 aromatic heterocycles. The second kappa shape index (κ2) is 9.39. The van der Waals surface area contributed by atoms with E-state index in [4.69, 9.17) is 0 Å². The highest BCUT2D eigenvalue weighted by molar-refractivity contribution is 5.94. The van der Waals surface area contributed by atoms with Gasteiger partial charge in [-0.25, -0.2) is 0 Å². The summed E-state index contributed by atoms with van der Waals surface area (Å²) in [6, 6.07) is 7.58. The molecule has 7 heteroatoms. The van der Waals surface area contributed by atoms with Crippen molar-refractivity contribution in [2.75, 3.05) is 32.7 Å². The number of likely N-dealkylation sites (tertiary alicyclic amines) is 1. The molecule has 2 heterocycles. The zero-order valence-corrected chi connectivity index (χ0v) is 17.7. The average molecular weight is 401 g/mol. The van der Waals surface area contributed by atoms with Crippen LogP contribution in [0.4, 0.5) is 0 Å². The van der Waals surface area contributed by atoms with Crippen LogP contribution in [0, 0.1) is 0 Å². The van der Waals surface area contributed by atoms with Gasteiger partial charge in [-0.15, -0.1) is 0 Å². The fourth-order valence-corrected chi connectivity index (χ4v) is 4.14. The first kappa shape index (κ1) is 21.3. The van der Waals surface area contributed by atoms with Gasteiger partial charge in [-0.1, -0.05) is 12.1 Å². The van der Waals surface area contributed by atoms with Gasteiger partial charge in [-0.3, -0.25) is 19.3 Å². The van der Waals surface area contributed by atoms with E-state index >= 15 is 0 Å². The van der Waals surface area contributed by atoms with Crippen molar-refractivity contribution in [3.63, 3.8) is 0 Å². The molecule has 0 saturated carbocycles. The standard InChI is InChI=1S/C22H32N4O3/c1-16(2)26-10-4-5-20(22(26)29)24-11-13-25(14-12-24)21(28)19-8-6-18(7-9-19)15-23-17(3)27/h6-9,16,20H,4-5,10-15H2,1-3H3,(H,23,27)/t20-/m1/s1. The molecule has 0 unspecified atom stereocenters. The van der Waals surface area contributed by atoms with E-state index in [2.05, 4.69) is 24.1 Å². The van der Waals surface area contributed by atoms with Crippen molar-refractivity contribution >= 4 is 17.7 Å². The Morgan fingerprint density at radius 1 is 1.07 bits per heavy atom. The lowest BCUT2D eigenvalue weighted by Gasteiger charge is -2.43. The number of piperidine rings is 1. The summed E-state index contributed by atoms with van der Waals surface area (Å²) in [5, 5.41) is 2.75. The molecule has 1 atom stereocenters. The number of amides is 3. The lowest BCUT2D eigenvalue weighted by Crippen LogP contribution is -2.59. The van der Waals surface area contributed by atoms with Crippen LogP contribution in [0.5, 0.6) is 0 Å². The smallest absolute Gasteiger partial charge is 0.253 e. The van der Waals surface area contributed by atoms with Crippen molar-refractivity contribution in [2.24, 2.45) is 0 Å². The number of hydrogen-bond acceptors (Lipinski definition) is 4. The molecule has 3 rings (SSSR count). The van der Waals surface area contributed by atoms with Crippen LogP contribution in [-0.4, -0.2) is 77.2 Å². The minimum Gasteiger partial charge on any atom is -0.352 e. The Labute approximate surface area is 173 Å². The van der Waals surface area contributed by atoms with Gasteiger partial charge in [0, 0.05) is 57.8 Å². The van der Waals surface area contributed by atoms with Gasteiger partial charge in [-0.05, 0) is 44.4 Å². The molecule has 0 bridgehead atoms. The van der Waals surface area contributed by atoms with Gasteiger partial charge in [-0.2, -0.15) is 0 Å². The van der Waals surface area contributed by atoms with Crippen molar-refractivity contribution in [3.8, 4) is 0 Å². The molecule has 29 heavy (non-hydrogen) atoms. The molecule has 1 aromatic carbocycles. The van der Waals surface area contributed by atoms with Crippen LogP contribution in [0.25, 0.3) is 0 Å². The van der Waals surface area contributed by atoms with Crippen LogP contribution in [0.15, 0.2) is 24.3 Å². The minimum atomic E-state index is -0.0732. The largest absolute Gasteiger partial charge is 0.352 e. The van der Waals surface area contributed by atoms with Crippen molar-refractivity contribution in [1.82, 2.24) is 20.0 Å². The number of nitrogens with one attached hydrogen (secondary N) is 1. The van der Waals surface area contributed by atoms with Crippen LogP contribution < -0.4 is 5.32 Å². The van der Waals surface area contributed by atoms with E-state index in [0.29, 0.717) is 25.2 Å². The molecule has 2 aliphatic heterocycles. The molecule has 158 valence electrons.